The molecule has 1 aliphatic heterocycles. The maximum atomic E-state index is 5.45. The summed E-state index contributed by atoms with van der Waals surface area (Å²) < 4.78 is 2.47. The number of aromatic nitrogens is 1. The number of fused-ring (bicyclic) bond motifs is 5. The lowest BCUT2D eigenvalue weighted by molar-refractivity contribution is 0.922. The maximum absolute atomic E-state index is 5.45. The van der Waals surface area contributed by atoms with Gasteiger partial charge in [-0.15, -0.1) is 0 Å². The zero-order valence-corrected chi connectivity index (χ0v) is 24.8. The van der Waals surface area contributed by atoms with Crippen molar-refractivity contribution in [3.63, 3.8) is 0 Å². The van der Waals surface area contributed by atoms with Gasteiger partial charge in [-0.3, -0.25) is 0 Å². The van der Waals surface area contributed by atoms with Crippen molar-refractivity contribution in [2.45, 2.75) is 12.3 Å². The van der Waals surface area contributed by atoms with Gasteiger partial charge in [-0.25, -0.2) is 4.99 Å². The van der Waals surface area contributed by atoms with Crippen LogP contribution in [0.4, 0.5) is 0 Å². The fraction of sp³-hybridized carbons (Fsp3) is 0.0465. The van der Waals surface area contributed by atoms with Crippen molar-refractivity contribution in [3.05, 3.63) is 197 Å². The van der Waals surface area contributed by atoms with E-state index in [0.717, 1.165) is 29.0 Å². The number of para-hydroxylation sites is 3. The third-order valence-corrected chi connectivity index (χ3v) is 9.38. The maximum Gasteiger partial charge on any atom is 0.0787 e. The molecule has 0 saturated heterocycles. The van der Waals surface area contributed by atoms with E-state index in [4.69, 9.17) is 4.99 Å². The van der Waals surface area contributed by atoms with Gasteiger partial charge in [-0.2, -0.15) is 0 Å². The molecule has 2 nitrogen and oxygen atoms in total. The van der Waals surface area contributed by atoms with Crippen LogP contribution in [0.25, 0.3) is 38.8 Å². The van der Waals surface area contributed by atoms with Gasteiger partial charge >= 0.3 is 0 Å². The fourth-order valence-corrected chi connectivity index (χ4v) is 7.48. The molecule has 0 fully saturated rings. The first kappa shape index (κ1) is 25.7. The van der Waals surface area contributed by atoms with Crippen molar-refractivity contribution >= 4 is 38.8 Å². The molecule has 1 aliphatic carbocycles. The Morgan fingerprint density at radius 2 is 1.07 bits per heavy atom. The monoisotopic (exact) mass is 574 g/mol. The highest BCUT2D eigenvalue weighted by Crippen LogP contribution is 2.51. The normalized spacial score (nSPS) is 15.9. The molecular formula is C43H30N2. The van der Waals surface area contributed by atoms with Gasteiger partial charge < -0.3 is 4.57 Å². The number of aliphatic imine (C=N–C) groups is 1. The first-order valence-electron chi connectivity index (χ1n) is 15.7. The predicted octanol–water partition coefficient (Wildman–Crippen LogP) is 10.6. The van der Waals surface area contributed by atoms with Gasteiger partial charge in [0.1, 0.15) is 0 Å². The Morgan fingerprint density at radius 3 is 1.78 bits per heavy atom. The second-order valence-corrected chi connectivity index (χ2v) is 11.8. The van der Waals surface area contributed by atoms with Crippen LogP contribution in [0.3, 0.4) is 0 Å². The lowest BCUT2D eigenvalue weighted by atomic mass is 9.85. The van der Waals surface area contributed by atoms with Crippen LogP contribution >= 0.6 is 0 Å². The zero-order valence-electron chi connectivity index (χ0n) is 24.8. The van der Waals surface area contributed by atoms with Crippen LogP contribution < -0.4 is 0 Å². The van der Waals surface area contributed by atoms with Crippen LogP contribution in [-0.4, -0.2) is 10.3 Å². The largest absolute Gasteiger partial charge is 0.309 e. The highest BCUT2D eigenvalue weighted by atomic mass is 15.0. The van der Waals surface area contributed by atoms with Gasteiger partial charge in [-0.05, 0) is 52.4 Å². The summed E-state index contributed by atoms with van der Waals surface area (Å²) in [4.78, 5) is 5.45. The van der Waals surface area contributed by atoms with Gasteiger partial charge in [0.2, 0.25) is 0 Å². The molecule has 0 spiro atoms. The number of rotatable bonds is 4. The van der Waals surface area contributed by atoms with Crippen molar-refractivity contribution in [1.29, 1.82) is 0 Å². The molecule has 2 aliphatic rings. The molecule has 9 rings (SSSR count). The third-order valence-electron chi connectivity index (χ3n) is 9.38. The van der Waals surface area contributed by atoms with E-state index >= 15 is 0 Å². The van der Waals surface area contributed by atoms with Crippen LogP contribution in [0.15, 0.2) is 174 Å². The SMILES string of the molecule is C1=C(c2ccccc2)N=C(c2ccccc2)C2=C(C1)C(c1ccccc1-n1c3ccccc3c3ccccc31)c1ccccc12. The lowest BCUT2D eigenvalue weighted by Gasteiger charge is -2.22. The minimum Gasteiger partial charge on any atom is -0.309 e. The molecule has 1 unspecified atom stereocenters. The summed E-state index contributed by atoms with van der Waals surface area (Å²) in [6, 6.07) is 56.8. The first-order chi connectivity index (χ1) is 22.4. The molecule has 1 aromatic heterocycles. The Labute approximate surface area is 263 Å². The molecule has 7 aromatic rings. The zero-order chi connectivity index (χ0) is 29.7. The van der Waals surface area contributed by atoms with Crippen LogP contribution in [0.5, 0.6) is 0 Å². The number of allylic oxidation sites excluding steroid dienone is 3. The van der Waals surface area contributed by atoms with Crippen molar-refractivity contribution in [2.24, 2.45) is 4.99 Å². The molecule has 0 N–H and O–H groups in total. The molecule has 1 atom stereocenters. The summed E-state index contributed by atoms with van der Waals surface area (Å²) >= 11 is 0. The lowest BCUT2D eigenvalue weighted by Crippen LogP contribution is -2.08. The standard InChI is InChI=1S/C43H30N2/c1-3-15-29(16-4-1)37-28-27-36-41(33-21-7-8-22-34(33)42(36)43(44-37)30-17-5-2-6-18-30)35-23-11-14-26-40(35)45-38-24-12-9-19-31(38)32-20-10-13-25-39(32)45/h1-26,28,41H,27H2. The van der Waals surface area contributed by atoms with Crippen LogP contribution in [0, 0.1) is 0 Å². The summed E-state index contributed by atoms with van der Waals surface area (Å²) in [5.74, 6) is 0.0904. The smallest absolute Gasteiger partial charge is 0.0787 e. The molecular weight excluding hydrogens is 544 g/mol. The summed E-state index contributed by atoms with van der Waals surface area (Å²) in [7, 11) is 0. The molecule has 0 saturated carbocycles. The summed E-state index contributed by atoms with van der Waals surface area (Å²) in [6.45, 7) is 0. The quantitative estimate of drug-likeness (QED) is 0.199. The van der Waals surface area contributed by atoms with E-state index in [1.165, 1.54) is 55.3 Å². The predicted molar refractivity (Wildman–Crippen MR) is 188 cm³/mol. The molecule has 0 bridgehead atoms. The van der Waals surface area contributed by atoms with Crippen LogP contribution in [-0.2, 0) is 0 Å². The van der Waals surface area contributed by atoms with Gasteiger partial charge in [-0.1, -0.05) is 146 Å². The second-order valence-electron chi connectivity index (χ2n) is 11.8. The molecule has 0 radical (unpaired) electrons. The number of hydrogen-bond donors (Lipinski definition) is 0. The Kier molecular flexibility index (Phi) is 5.99. The van der Waals surface area contributed by atoms with Crippen molar-refractivity contribution in [3.8, 4) is 5.69 Å². The summed E-state index contributed by atoms with van der Waals surface area (Å²) in [5.41, 5.74) is 14.6. The highest BCUT2D eigenvalue weighted by Gasteiger charge is 2.36. The summed E-state index contributed by atoms with van der Waals surface area (Å²) in [5, 5.41) is 2.55. The molecule has 2 heterocycles. The van der Waals surface area contributed by atoms with Gasteiger partial charge in [0.05, 0.1) is 28.1 Å². The van der Waals surface area contributed by atoms with E-state index < -0.39 is 0 Å². The van der Waals surface area contributed by atoms with E-state index in [0.29, 0.717) is 0 Å². The van der Waals surface area contributed by atoms with Crippen LogP contribution in [0.2, 0.25) is 0 Å². The van der Waals surface area contributed by atoms with E-state index in [9.17, 15) is 0 Å². The number of benzene rings is 6. The number of hydrogen-bond acceptors (Lipinski definition) is 1. The molecule has 0 amide bonds. The van der Waals surface area contributed by atoms with Crippen molar-refractivity contribution in [2.75, 3.05) is 0 Å². The minimum absolute atomic E-state index is 0.0904. The topological polar surface area (TPSA) is 17.3 Å². The van der Waals surface area contributed by atoms with E-state index in [1.807, 2.05) is 0 Å². The van der Waals surface area contributed by atoms with E-state index in [2.05, 4.69) is 168 Å². The van der Waals surface area contributed by atoms with Crippen molar-refractivity contribution in [1.82, 2.24) is 4.57 Å². The minimum atomic E-state index is 0.0904. The third kappa shape index (κ3) is 4.07. The Morgan fingerprint density at radius 1 is 0.511 bits per heavy atom. The Bertz CT molecular complexity index is 2280. The number of nitrogens with zero attached hydrogens (tertiary/aromatic N) is 2. The molecule has 212 valence electrons. The Balaban J connectivity index is 1.32. The van der Waals surface area contributed by atoms with Crippen molar-refractivity contribution < 1.29 is 0 Å². The van der Waals surface area contributed by atoms with E-state index in [1.54, 1.807) is 0 Å². The average molecular weight is 575 g/mol. The first-order valence-corrected chi connectivity index (χ1v) is 15.7. The van der Waals surface area contributed by atoms with Crippen LogP contribution in [0.1, 0.15) is 40.2 Å². The fourth-order valence-electron chi connectivity index (χ4n) is 7.48. The molecule has 45 heavy (non-hydrogen) atoms. The molecule has 2 heteroatoms. The molecule has 6 aromatic carbocycles. The summed E-state index contributed by atoms with van der Waals surface area (Å²) in [6.07, 6.45) is 3.16. The second kappa shape index (κ2) is 10.5. The van der Waals surface area contributed by atoms with Gasteiger partial charge in [0.25, 0.3) is 0 Å². The van der Waals surface area contributed by atoms with Gasteiger partial charge in [0.15, 0.2) is 0 Å². The van der Waals surface area contributed by atoms with E-state index in [-0.39, 0.29) is 5.92 Å². The van der Waals surface area contributed by atoms with Gasteiger partial charge in [0, 0.05) is 27.8 Å². The Hall–Kier alpha value is -5.73. The highest BCUT2D eigenvalue weighted by molar-refractivity contribution is 6.35. The average Bonchev–Trinajstić information content (AvgIpc) is 3.54.